The van der Waals surface area contributed by atoms with E-state index in [1.54, 1.807) is 4.57 Å². The van der Waals surface area contributed by atoms with Crippen LogP contribution in [-0.2, 0) is 23.2 Å². The van der Waals surface area contributed by atoms with Gasteiger partial charge in [-0.25, -0.2) is 0 Å². The van der Waals surface area contributed by atoms with E-state index in [2.05, 4.69) is 14.9 Å². The number of carbonyl (C=O) groups is 1. The van der Waals surface area contributed by atoms with Gasteiger partial charge < -0.3 is 14.0 Å². The molecule has 0 bridgehead atoms. The fourth-order valence-corrected chi connectivity index (χ4v) is 2.21. The van der Waals surface area contributed by atoms with E-state index in [0.717, 1.165) is 5.75 Å². The number of methoxy groups -OCH3 is 1. The van der Waals surface area contributed by atoms with E-state index in [1.165, 1.54) is 18.9 Å². The number of esters is 1. The molecule has 1 heterocycles. The summed E-state index contributed by atoms with van der Waals surface area (Å²) in [5.74, 6) is 1.39. The number of para-hydroxylation sites is 1. The highest BCUT2D eigenvalue weighted by atomic mass is 32.2. The lowest BCUT2D eigenvalue weighted by molar-refractivity contribution is -0.137. The average Bonchev–Trinajstić information content (AvgIpc) is 2.84. The number of carbonyl (C=O) groups excluding carboxylic acids is 1. The Labute approximate surface area is 121 Å². The third-order valence-electron chi connectivity index (χ3n) is 2.58. The fourth-order valence-electron chi connectivity index (χ4n) is 1.44. The van der Waals surface area contributed by atoms with E-state index < -0.39 is 0 Å². The third-order valence-corrected chi connectivity index (χ3v) is 3.58. The summed E-state index contributed by atoms with van der Waals surface area (Å²) in [6, 6.07) is 9.50. The molecule has 20 heavy (non-hydrogen) atoms. The molecule has 106 valence electrons. The van der Waals surface area contributed by atoms with Crippen molar-refractivity contribution in [3.63, 3.8) is 0 Å². The van der Waals surface area contributed by atoms with Crippen LogP contribution in [0.15, 0.2) is 35.5 Å². The highest BCUT2D eigenvalue weighted by Crippen LogP contribution is 2.17. The molecule has 0 radical (unpaired) electrons. The number of benzene rings is 1. The Morgan fingerprint density at radius 3 is 2.75 bits per heavy atom. The van der Waals surface area contributed by atoms with Crippen LogP contribution in [0.1, 0.15) is 5.82 Å². The van der Waals surface area contributed by atoms with Crippen LogP contribution >= 0.6 is 11.8 Å². The highest BCUT2D eigenvalue weighted by Gasteiger charge is 2.11. The first kappa shape index (κ1) is 14.4. The van der Waals surface area contributed by atoms with Crippen molar-refractivity contribution in [2.45, 2.75) is 11.8 Å². The average molecular weight is 293 g/mol. The largest absolute Gasteiger partial charge is 0.486 e. The first-order chi connectivity index (χ1) is 9.70. The van der Waals surface area contributed by atoms with Crippen LogP contribution in [0.2, 0.25) is 0 Å². The molecule has 0 spiro atoms. The number of nitrogens with zero attached hydrogens (tertiary/aromatic N) is 3. The number of hydrogen-bond acceptors (Lipinski definition) is 6. The van der Waals surface area contributed by atoms with Crippen molar-refractivity contribution in [1.29, 1.82) is 0 Å². The van der Waals surface area contributed by atoms with Crippen LogP contribution < -0.4 is 4.74 Å². The minimum atomic E-state index is -0.292. The SMILES string of the molecule is COC(=O)CSc1nnc(COc2ccccc2)n1C. The second-order valence-electron chi connectivity index (χ2n) is 3.92. The maximum absolute atomic E-state index is 11.1. The van der Waals surface area contributed by atoms with Crippen molar-refractivity contribution in [2.75, 3.05) is 12.9 Å². The number of rotatable bonds is 6. The van der Waals surface area contributed by atoms with Gasteiger partial charge in [-0.05, 0) is 12.1 Å². The molecule has 2 aromatic rings. The second-order valence-corrected chi connectivity index (χ2v) is 4.87. The molecule has 7 heteroatoms. The van der Waals surface area contributed by atoms with Crippen LogP contribution in [0.5, 0.6) is 5.75 Å². The monoisotopic (exact) mass is 293 g/mol. The summed E-state index contributed by atoms with van der Waals surface area (Å²) in [5.41, 5.74) is 0. The molecular weight excluding hydrogens is 278 g/mol. The molecule has 0 fully saturated rings. The van der Waals surface area contributed by atoms with Crippen LogP contribution in [0.3, 0.4) is 0 Å². The van der Waals surface area contributed by atoms with Crippen molar-refractivity contribution in [1.82, 2.24) is 14.8 Å². The van der Waals surface area contributed by atoms with Crippen LogP contribution in [0.4, 0.5) is 0 Å². The van der Waals surface area contributed by atoms with E-state index in [4.69, 9.17) is 4.74 Å². The molecule has 0 aliphatic rings. The van der Waals surface area contributed by atoms with Crippen molar-refractivity contribution in [2.24, 2.45) is 7.05 Å². The zero-order valence-electron chi connectivity index (χ0n) is 11.3. The summed E-state index contributed by atoms with van der Waals surface area (Å²) in [6.07, 6.45) is 0. The Kier molecular flexibility index (Phi) is 5.00. The minimum absolute atomic E-state index is 0.210. The van der Waals surface area contributed by atoms with Gasteiger partial charge >= 0.3 is 5.97 Å². The molecule has 0 amide bonds. The Morgan fingerprint density at radius 2 is 2.05 bits per heavy atom. The fraction of sp³-hybridized carbons (Fsp3) is 0.308. The summed E-state index contributed by atoms with van der Waals surface area (Å²) in [7, 11) is 3.20. The van der Waals surface area contributed by atoms with Crippen LogP contribution in [0, 0.1) is 0 Å². The van der Waals surface area contributed by atoms with Crippen molar-refractivity contribution in [3.8, 4) is 5.75 Å². The molecule has 0 atom stereocenters. The minimum Gasteiger partial charge on any atom is -0.486 e. The Morgan fingerprint density at radius 1 is 1.30 bits per heavy atom. The summed E-state index contributed by atoms with van der Waals surface area (Å²) in [5, 5.41) is 8.73. The smallest absolute Gasteiger partial charge is 0.316 e. The molecular formula is C13H15N3O3S. The van der Waals surface area contributed by atoms with Gasteiger partial charge in [0.2, 0.25) is 0 Å². The van der Waals surface area contributed by atoms with Crippen molar-refractivity contribution < 1.29 is 14.3 Å². The van der Waals surface area contributed by atoms with Gasteiger partial charge in [-0.3, -0.25) is 4.79 Å². The molecule has 0 N–H and O–H groups in total. The van der Waals surface area contributed by atoms with Gasteiger partial charge in [0.15, 0.2) is 11.0 Å². The second kappa shape index (κ2) is 6.95. The Hall–Kier alpha value is -2.02. The van der Waals surface area contributed by atoms with Gasteiger partial charge in [0.05, 0.1) is 12.9 Å². The third kappa shape index (κ3) is 3.74. The van der Waals surface area contributed by atoms with Gasteiger partial charge in [0.25, 0.3) is 0 Å². The molecule has 0 unspecified atom stereocenters. The maximum atomic E-state index is 11.1. The van der Waals surface area contributed by atoms with E-state index in [9.17, 15) is 4.79 Å². The zero-order chi connectivity index (χ0) is 14.4. The van der Waals surface area contributed by atoms with E-state index in [0.29, 0.717) is 17.6 Å². The van der Waals surface area contributed by atoms with E-state index in [-0.39, 0.29) is 11.7 Å². The predicted octanol–water partition coefficient (Wildman–Crippen LogP) is 1.66. The first-order valence-electron chi connectivity index (χ1n) is 5.96. The molecule has 2 rings (SSSR count). The first-order valence-corrected chi connectivity index (χ1v) is 6.95. The molecule has 0 saturated heterocycles. The van der Waals surface area contributed by atoms with Crippen molar-refractivity contribution in [3.05, 3.63) is 36.2 Å². The van der Waals surface area contributed by atoms with Gasteiger partial charge in [-0.1, -0.05) is 30.0 Å². The molecule has 0 aliphatic heterocycles. The predicted molar refractivity (Wildman–Crippen MR) is 74.5 cm³/mol. The van der Waals surface area contributed by atoms with Gasteiger partial charge in [0.1, 0.15) is 12.4 Å². The normalized spacial score (nSPS) is 10.3. The van der Waals surface area contributed by atoms with Gasteiger partial charge in [-0.2, -0.15) is 0 Å². The molecule has 0 aliphatic carbocycles. The lowest BCUT2D eigenvalue weighted by Gasteiger charge is -2.06. The van der Waals surface area contributed by atoms with Gasteiger partial charge in [0, 0.05) is 7.05 Å². The zero-order valence-corrected chi connectivity index (χ0v) is 12.1. The topological polar surface area (TPSA) is 66.2 Å². The highest BCUT2D eigenvalue weighted by molar-refractivity contribution is 7.99. The number of ether oxygens (including phenoxy) is 2. The molecule has 6 nitrogen and oxygen atoms in total. The number of aromatic nitrogens is 3. The maximum Gasteiger partial charge on any atom is 0.316 e. The van der Waals surface area contributed by atoms with E-state index in [1.807, 2.05) is 37.4 Å². The number of hydrogen-bond donors (Lipinski definition) is 0. The Bertz CT molecular complexity index is 571. The molecule has 1 aromatic carbocycles. The van der Waals surface area contributed by atoms with Crippen LogP contribution in [0.25, 0.3) is 0 Å². The van der Waals surface area contributed by atoms with Crippen molar-refractivity contribution >= 4 is 17.7 Å². The summed E-state index contributed by atoms with van der Waals surface area (Å²) >= 11 is 1.28. The van der Waals surface area contributed by atoms with Crippen LogP contribution in [-0.4, -0.2) is 33.6 Å². The molecule has 1 aromatic heterocycles. The quantitative estimate of drug-likeness (QED) is 0.596. The number of thioether (sulfide) groups is 1. The standard InChI is InChI=1S/C13H15N3O3S/c1-16-11(8-19-10-6-4-3-5-7-10)14-15-13(16)20-9-12(17)18-2/h3-7H,8-9H2,1-2H3. The lowest BCUT2D eigenvalue weighted by atomic mass is 10.3. The summed E-state index contributed by atoms with van der Waals surface area (Å²) < 4.78 is 12.0. The van der Waals surface area contributed by atoms with Gasteiger partial charge in [-0.15, -0.1) is 10.2 Å². The summed E-state index contributed by atoms with van der Waals surface area (Å²) in [4.78, 5) is 11.1. The molecule has 0 saturated carbocycles. The summed E-state index contributed by atoms with van der Waals surface area (Å²) in [6.45, 7) is 0.326. The lowest BCUT2D eigenvalue weighted by Crippen LogP contribution is -2.06. The van der Waals surface area contributed by atoms with E-state index >= 15 is 0 Å². The Balaban J connectivity index is 1.93.